The van der Waals surface area contributed by atoms with Crippen molar-refractivity contribution in [1.29, 1.82) is 0 Å². The fourth-order valence-electron chi connectivity index (χ4n) is 6.02. The van der Waals surface area contributed by atoms with Gasteiger partial charge in [0.25, 0.3) is 0 Å². The molecule has 0 spiro atoms. The van der Waals surface area contributed by atoms with Crippen LogP contribution in [0.4, 0.5) is 4.79 Å². The van der Waals surface area contributed by atoms with Crippen molar-refractivity contribution in [3.63, 3.8) is 0 Å². The van der Waals surface area contributed by atoms with E-state index in [0.717, 1.165) is 58.2 Å². The minimum atomic E-state index is -1.93. The first-order valence-corrected chi connectivity index (χ1v) is 16.8. The van der Waals surface area contributed by atoms with Gasteiger partial charge in [0.15, 0.2) is 6.29 Å². The molecule has 7 heteroatoms. The maximum absolute atomic E-state index is 11.7. The Morgan fingerprint density at radius 3 is 2.11 bits per heavy atom. The van der Waals surface area contributed by atoms with Gasteiger partial charge in [-0.3, -0.25) is 0 Å². The summed E-state index contributed by atoms with van der Waals surface area (Å²) in [5.41, 5.74) is 8.51. The van der Waals surface area contributed by atoms with Crippen molar-refractivity contribution in [2.45, 2.75) is 142 Å². The number of allylic oxidation sites excluding steroid dienone is 3. The molecular weight excluding hydrogens is 480 g/mol. The Bertz CT molecular complexity index is 676. The molecule has 216 valence electrons. The SMILES string of the molecule is CC[C@@H](C=CCCC(C[C@H](CCC=C(C)C)NC(N)=O)C1OCCCO1)O[Si](C(C)C)(C(C)C)C(C)C. The molecule has 2 amide bonds. The second-order valence-corrected chi connectivity index (χ2v) is 17.3. The Morgan fingerprint density at radius 2 is 1.62 bits per heavy atom. The van der Waals surface area contributed by atoms with E-state index in [9.17, 15) is 4.79 Å². The van der Waals surface area contributed by atoms with E-state index in [-0.39, 0.29) is 24.4 Å². The van der Waals surface area contributed by atoms with Crippen LogP contribution in [-0.4, -0.2) is 46.0 Å². The van der Waals surface area contributed by atoms with Gasteiger partial charge in [0.1, 0.15) is 0 Å². The molecule has 1 rings (SSSR count). The van der Waals surface area contributed by atoms with Crippen LogP contribution in [0.2, 0.25) is 16.6 Å². The first-order chi connectivity index (χ1) is 17.4. The smallest absolute Gasteiger partial charge is 0.312 e. The second kappa shape index (κ2) is 17.4. The molecule has 0 bridgehead atoms. The third-order valence-electron chi connectivity index (χ3n) is 7.76. The van der Waals surface area contributed by atoms with E-state index in [4.69, 9.17) is 19.6 Å². The molecule has 0 aliphatic carbocycles. The van der Waals surface area contributed by atoms with E-state index < -0.39 is 14.3 Å². The number of nitrogens with two attached hydrogens (primary N) is 1. The van der Waals surface area contributed by atoms with Crippen molar-refractivity contribution in [3.05, 3.63) is 23.8 Å². The third kappa shape index (κ3) is 11.6. The molecule has 6 nitrogen and oxygen atoms in total. The van der Waals surface area contributed by atoms with Gasteiger partial charge in [0, 0.05) is 12.0 Å². The number of rotatable bonds is 17. The summed E-state index contributed by atoms with van der Waals surface area (Å²) in [6.45, 7) is 21.9. The molecule has 37 heavy (non-hydrogen) atoms. The maximum Gasteiger partial charge on any atom is 0.312 e. The number of amides is 2. The molecule has 0 aromatic heterocycles. The van der Waals surface area contributed by atoms with Gasteiger partial charge in [0.2, 0.25) is 8.32 Å². The number of nitrogens with one attached hydrogen (secondary N) is 1. The molecule has 1 fully saturated rings. The summed E-state index contributed by atoms with van der Waals surface area (Å²) < 4.78 is 19.0. The molecular formula is C30H58N2O4Si. The molecule has 3 atom stereocenters. The van der Waals surface area contributed by atoms with Crippen LogP contribution < -0.4 is 11.1 Å². The van der Waals surface area contributed by atoms with Crippen molar-refractivity contribution in [2.24, 2.45) is 11.7 Å². The fourth-order valence-corrected chi connectivity index (χ4v) is 11.6. The first-order valence-electron chi connectivity index (χ1n) is 14.7. The van der Waals surface area contributed by atoms with E-state index in [2.05, 4.69) is 85.9 Å². The minimum Gasteiger partial charge on any atom is -0.410 e. The van der Waals surface area contributed by atoms with Crippen LogP contribution in [0.25, 0.3) is 0 Å². The van der Waals surface area contributed by atoms with Gasteiger partial charge in [-0.25, -0.2) is 4.79 Å². The van der Waals surface area contributed by atoms with E-state index in [1.54, 1.807) is 0 Å². The Hall–Kier alpha value is -1.15. The van der Waals surface area contributed by atoms with Crippen molar-refractivity contribution in [3.8, 4) is 0 Å². The third-order valence-corrected chi connectivity index (χ3v) is 13.9. The highest BCUT2D eigenvalue weighted by atomic mass is 28.4. The molecule has 1 saturated heterocycles. The average Bonchev–Trinajstić information content (AvgIpc) is 2.82. The van der Waals surface area contributed by atoms with Crippen molar-refractivity contribution < 1.29 is 18.7 Å². The summed E-state index contributed by atoms with van der Waals surface area (Å²) in [5, 5.41) is 2.96. The van der Waals surface area contributed by atoms with Crippen molar-refractivity contribution in [2.75, 3.05) is 13.2 Å². The zero-order chi connectivity index (χ0) is 28.0. The summed E-state index contributed by atoms with van der Waals surface area (Å²) in [7, 11) is -1.93. The van der Waals surface area contributed by atoms with Crippen LogP contribution in [0.15, 0.2) is 23.8 Å². The maximum atomic E-state index is 11.7. The van der Waals surface area contributed by atoms with Gasteiger partial charge in [-0.15, -0.1) is 0 Å². The molecule has 0 aromatic carbocycles. The average molecular weight is 539 g/mol. The lowest BCUT2D eigenvalue weighted by Crippen LogP contribution is -2.49. The lowest BCUT2D eigenvalue weighted by atomic mass is 9.91. The van der Waals surface area contributed by atoms with Gasteiger partial charge in [-0.1, -0.05) is 72.3 Å². The minimum absolute atomic E-state index is 0.00216. The highest BCUT2D eigenvalue weighted by Gasteiger charge is 2.46. The number of primary amides is 1. The van der Waals surface area contributed by atoms with Crippen LogP contribution in [-0.2, 0) is 13.9 Å². The molecule has 1 aliphatic rings. The normalized spacial score (nSPS) is 17.9. The molecule has 0 aromatic rings. The number of urea groups is 1. The summed E-state index contributed by atoms with van der Waals surface area (Å²) >= 11 is 0. The topological polar surface area (TPSA) is 82.8 Å². The van der Waals surface area contributed by atoms with Crippen molar-refractivity contribution in [1.82, 2.24) is 5.32 Å². The molecule has 3 N–H and O–H groups in total. The van der Waals surface area contributed by atoms with Crippen LogP contribution in [0.5, 0.6) is 0 Å². The van der Waals surface area contributed by atoms with E-state index in [1.807, 2.05) is 0 Å². The van der Waals surface area contributed by atoms with Gasteiger partial charge >= 0.3 is 6.03 Å². The number of carbonyl (C=O) groups excluding carboxylic acids is 1. The Balaban J connectivity index is 2.91. The largest absolute Gasteiger partial charge is 0.410 e. The summed E-state index contributed by atoms with van der Waals surface area (Å²) in [6.07, 6.45) is 13.0. The zero-order valence-corrected chi connectivity index (χ0v) is 26.3. The standard InChI is InChI=1S/C30H58N2O4Si/c1-10-28(36-37(23(4)5,24(6)7)25(8)9)18-12-11-16-26(29-34-19-14-20-35-29)21-27(32-30(31)33)17-13-15-22(2)3/h12,15,18,23-29H,10-11,13-14,16-17,19-21H2,1-9H3,(H3,31,32,33)/t26?,27-,28-/m0/s1. The Labute approximate surface area is 229 Å². The molecule has 1 unspecified atom stereocenters. The van der Waals surface area contributed by atoms with E-state index >= 15 is 0 Å². The summed E-state index contributed by atoms with van der Waals surface area (Å²) in [4.78, 5) is 11.7. The summed E-state index contributed by atoms with van der Waals surface area (Å²) in [6, 6.07) is -0.472. The Morgan fingerprint density at radius 1 is 1.03 bits per heavy atom. The van der Waals surface area contributed by atoms with Gasteiger partial charge in [-0.2, -0.15) is 0 Å². The number of hydrogen-bond acceptors (Lipinski definition) is 4. The lowest BCUT2D eigenvalue weighted by molar-refractivity contribution is -0.207. The van der Waals surface area contributed by atoms with E-state index in [0.29, 0.717) is 16.6 Å². The molecule has 0 radical (unpaired) electrons. The summed E-state index contributed by atoms with van der Waals surface area (Å²) in [5.74, 6) is 0.185. The van der Waals surface area contributed by atoms with Gasteiger partial charge < -0.3 is 25.0 Å². The quantitative estimate of drug-likeness (QED) is 0.146. The fraction of sp³-hybridized carbons (Fsp3) is 0.833. The molecule has 0 saturated carbocycles. The second-order valence-electron chi connectivity index (χ2n) is 11.9. The van der Waals surface area contributed by atoms with Gasteiger partial charge in [-0.05, 0) is 75.4 Å². The van der Waals surface area contributed by atoms with Crippen molar-refractivity contribution >= 4 is 14.3 Å². The Kier molecular flexibility index (Phi) is 16.0. The zero-order valence-electron chi connectivity index (χ0n) is 25.3. The predicted octanol–water partition coefficient (Wildman–Crippen LogP) is 7.85. The lowest BCUT2D eigenvalue weighted by Gasteiger charge is -2.44. The van der Waals surface area contributed by atoms with Crippen LogP contribution in [0.1, 0.15) is 107 Å². The van der Waals surface area contributed by atoms with Crippen LogP contribution >= 0.6 is 0 Å². The van der Waals surface area contributed by atoms with Gasteiger partial charge in [0.05, 0.1) is 19.3 Å². The van der Waals surface area contributed by atoms with Crippen LogP contribution in [0, 0.1) is 5.92 Å². The van der Waals surface area contributed by atoms with Crippen LogP contribution in [0.3, 0.4) is 0 Å². The monoisotopic (exact) mass is 538 g/mol. The first kappa shape index (κ1) is 33.9. The molecule has 1 aliphatic heterocycles. The number of hydrogen-bond donors (Lipinski definition) is 2. The molecule has 1 heterocycles. The predicted molar refractivity (Wildman–Crippen MR) is 158 cm³/mol. The highest BCUT2D eigenvalue weighted by Crippen LogP contribution is 2.43. The van der Waals surface area contributed by atoms with E-state index in [1.165, 1.54) is 5.57 Å². The highest BCUT2D eigenvalue weighted by molar-refractivity contribution is 6.77. The number of ether oxygens (including phenoxy) is 2. The number of carbonyl (C=O) groups is 1.